The van der Waals surface area contributed by atoms with Gasteiger partial charge in [-0.2, -0.15) is 0 Å². The number of nitrogens with zero attached hydrogens (tertiary/aromatic N) is 1. The van der Waals surface area contributed by atoms with E-state index >= 15 is 0 Å². The van der Waals surface area contributed by atoms with Crippen molar-refractivity contribution in [1.82, 2.24) is 4.72 Å². The smallest absolute Gasteiger partial charge is 0.240 e. The minimum Gasteiger partial charge on any atom is -0.494 e. The number of ether oxygens (including phenoxy) is 2. The number of hydrogen-bond donors (Lipinski definition) is 1. The molecule has 0 unspecified atom stereocenters. The van der Waals surface area contributed by atoms with Crippen molar-refractivity contribution in [3.63, 3.8) is 0 Å². The van der Waals surface area contributed by atoms with E-state index in [1.165, 1.54) is 0 Å². The molecule has 7 heteroatoms. The number of nitrogens with one attached hydrogen (secondary N) is 1. The Labute approximate surface area is 161 Å². The molecule has 27 heavy (non-hydrogen) atoms. The van der Waals surface area contributed by atoms with E-state index in [1.807, 2.05) is 51.0 Å². The Kier molecular flexibility index (Phi) is 5.62. The summed E-state index contributed by atoms with van der Waals surface area (Å²) >= 11 is 0. The van der Waals surface area contributed by atoms with Crippen molar-refractivity contribution in [2.75, 3.05) is 25.6 Å². The molecule has 0 saturated heterocycles. The third kappa shape index (κ3) is 4.36. The molecule has 0 amide bonds. The van der Waals surface area contributed by atoms with Crippen molar-refractivity contribution in [3.05, 3.63) is 47.5 Å². The molecule has 0 radical (unpaired) electrons. The highest BCUT2D eigenvalue weighted by Gasteiger charge is 2.23. The summed E-state index contributed by atoms with van der Waals surface area (Å²) < 4.78 is 39.7. The van der Waals surface area contributed by atoms with Crippen LogP contribution in [0.4, 0.5) is 5.69 Å². The van der Waals surface area contributed by atoms with Crippen molar-refractivity contribution in [2.24, 2.45) is 0 Å². The fraction of sp³-hybridized carbons (Fsp3) is 0.400. The van der Waals surface area contributed by atoms with Crippen molar-refractivity contribution in [2.45, 2.75) is 37.8 Å². The standard InChI is InChI=1S/C20H26N2O4S/c1-5-25-19-10-15-9-14(2)26-20(15)11-16(19)13-21-27(23,24)18-8-6-7-17(12-18)22(3)4/h6-8,10-12,14,21H,5,9,13H2,1-4H3/t14-/m0/s1. The van der Waals surface area contributed by atoms with E-state index in [2.05, 4.69) is 4.72 Å². The number of anilines is 1. The van der Waals surface area contributed by atoms with Gasteiger partial charge in [-0.3, -0.25) is 0 Å². The van der Waals surface area contributed by atoms with Crippen LogP contribution < -0.4 is 19.1 Å². The molecule has 0 fully saturated rings. The van der Waals surface area contributed by atoms with Gasteiger partial charge in [0.15, 0.2) is 0 Å². The molecule has 0 spiro atoms. The van der Waals surface area contributed by atoms with Gasteiger partial charge in [-0.15, -0.1) is 0 Å². The number of rotatable bonds is 7. The molecule has 1 N–H and O–H groups in total. The molecule has 3 rings (SSSR count). The van der Waals surface area contributed by atoms with Crippen molar-refractivity contribution in [1.29, 1.82) is 0 Å². The summed E-state index contributed by atoms with van der Waals surface area (Å²) in [5.41, 5.74) is 2.68. The minimum absolute atomic E-state index is 0.121. The van der Waals surface area contributed by atoms with Crippen LogP contribution in [-0.2, 0) is 23.0 Å². The largest absolute Gasteiger partial charge is 0.494 e. The van der Waals surface area contributed by atoms with E-state index in [0.717, 1.165) is 29.0 Å². The number of sulfonamides is 1. The van der Waals surface area contributed by atoms with Crippen molar-refractivity contribution < 1.29 is 17.9 Å². The van der Waals surface area contributed by atoms with Crippen LogP contribution in [0.15, 0.2) is 41.3 Å². The van der Waals surface area contributed by atoms with Gasteiger partial charge in [0.1, 0.15) is 17.6 Å². The van der Waals surface area contributed by atoms with E-state index in [4.69, 9.17) is 9.47 Å². The summed E-state index contributed by atoms with van der Waals surface area (Å²) in [4.78, 5) is 2.10. The molecule has 0 aromatic heterocycles. The molecular formula is C20H26N2O4S. The zero-order valence-electron chi connectivity index (χ0n) is 16.2. The predicted molar refractivity (Wildman–Crippen MR) is 106 cm³/mol. The highest BCUT2D eigenvalue weighted by Crippen LogP contribution is 2.35. The lowest BCUT2D eigenvalue weighted by atomic mass is 10.1. The third-order valence-electron chi connectivity index (χ3n) is 4.48. The van der Waals surface area contributed by atoms with E-state index in [-0.39, 0.29) is 17.5 Å². The number of hydrogen-bond acceptors (Lipinski definition) is 5. The average Bonchev–Trinajstić information content (AvgIpc) is 2.99. The third-order valence-corrected chi connectivity index (χ3v) is 5.87. The highest BCUT2D eigenvalue weighted by molar-refractivity contribution is 7.89. The first-order valence-corrected chi connectivity index (χ1v) is 10.5. The van der Waals surface area contributed by atoms with E-state index < -0.39 is 10.0 Å². The maximum absolute atomic E-state index is 12.7. The summed E-state index contributed by atoms with van der Waals surface area (Å²) in [7, 11) is 0.104. The summed E-state index contributed by atoms with van der Waals surface area (Å²) in [5, 5.41) is 0. The molecule has 1 heterocycles. The van der Waals surface area contributed by atoms with E-state index in [0.29, 0.717) is 12.4 Å². The lowest BCUT2D eigenvalue weighted by Crippen LogP contribution is -2.24. The Morgan fingerprint density at radius 2 is 2.04 bits per heavy atom. The molecule has 0 aliphatic carbocycles. The second kappa shape index (κ2) is 7.78. The Morgan fingerprint density at radius 3 is 2.74 bits per heavy atom. The Bertz CT molecular complexity index is 926. The molecule has 146 valence electrons. The second-order valence-electron chi connectivity index (χ2n) is 6.85. The molecule has 2 aromatic carbocycles. The van der Waals surface area contributed by atoms with Gasteiger partial charge in [0, 0.05) is 43.9 Å². The molecule has 0 saturated carbocycles. The monoisotopic (exact) mass is 390 g/mol. The zero-order chi connectivity index (χ0) is 19.6. The van der Waals surface area contributed by atoms with Gasteiger partial charge in [0.2, 0.25) is 10.0 Å². The van der Waals surface area contributed by atoms with Crippen LogP contribution in [0.25, 0.3) is 0 Å². The summed E-state index contributed by atoms with van der Waals surface area (Å²) in [6.45, 7) is 4.57. The first-order valence-electron chi connectivity index (χ1n) is 9.02. The quantitative estimate of drug-likeness (QED) is 0.787. The summed E-state index contributed by atoms with van der Waals surface area (Å²) in [5.74, 6) is 1.49. The Balaban J connectivity index is 1.83. The van der Waals surface area contributed by atoms with E-state index in [1.54, 1.807) is 18.2 Å². The highest BCUT2D eigenvalue weighted by atomic mass is 32.2. The molecule has 2 aromatic rings. The minimum atomic E-state index is -3.64. The average molecular weight is 391 g/mol. The van der Waals surface area contributed by atoms with Crippen LogP contribution >= 0.6 is 0 Å². The van der Waals surface area contributed by atoms with Gasteiger partial charge in [-0.05, 0) is 44.2 Å². The molecule has 1 aliphatic rings. The Morgan fingerprint density at radius 1 is 1.26 bits per heavy atom. The molecule has 1 atom stereocenters. The SMILES string of the molecule is CCOc1cc2c(cc1CNS(=O)(=O)c1cccc(N(C)C)c1)O[C@@H](C)C2. The first-order chi connectivity index (χ1) is 12.8. The van der Waals surface area contributed by atoms with Crippen LogP contribution in [0, 0.1) is 0 Å². The van der Waals surface area contributed by atoms with Gasteiger partial charge >= 0.3 is 0 Å². The van der Waals surface area contributed by atoms with Crippen molar-refractivity contribution >= 4 is 15.7 Å². The molecule has 6 nitrogen and oxygen atoms in total. The summed E-state index contributed by atoms with van der Waals surface area (Å²) in [6.07, 6.45) is 0.953. The number of benzene rings is 2. The molecule has 0 bridgehead atoms. The zero-order valence-corrected chi connectivity index (χ0v) is 17.0. The van der Waals surface area contributed by atoms with Gasteiger partial charge in [-0.1, -0.05) is 6.07 Å². The van der Waals surface area contributed by atoms with Crippen molar-refractivity contribution in [3.8, 4) is 11.5 Å². The number of fused-ring (bicyclic) bond motifs is 1. The van der Waals surface area contributed by atoms with E-state index in [9.17, 15) is 8.42 Å². The van der Waals surface area contributed by atoms with Crippen LogP contribution in [0.5, 0.6) is 11.5 Å². The lowest BCUT2D eigenvalue weighted by Gasteiger charge is -2.15. The first kappa shape index (κ1) is 19.5. The topological polar surface area (TPSA) is 67.9 Å². The van der Waals surface area contributed by atoms with Crippen LogP contribution in [0.2, 0.25) is 0 Å². The van der Waals surface area contributed by atoms with Gasteiger partial charge in [0.05, 0.1) is 11.5 Å². The lowest BCUT2D eigenvalue weighted by molar-refractivity contribution is 0.254. The Hall–Kier alpha value is -2.25. The second-order valence-corrected chi connectivity index (χ2v) is 8.62. The fourth-order valence-electron chi connectivity index (χ4n) is 3.09. The maximum atomic E-state index is 12.7. The van der Waals surface area contributed by atoms with Crippen LogP contribution in [0.1, 0.15) is 25.0 Å². The molecular weight excluding hydrogens is 364 g/mol. The van der Waals surface area contributed by atoms with Gasteiger partial charge < -0.3 is 14.4 Å². The normalized spacial score (nSPS) is 15.9. The molecule has 1 aliphatic heterocycles. The predicted octanol–water partition coefficient (Wildman–Crippen LogP) is 2.95. The van der Waals surface area contributed by atoms with Crippen LogP contribution in [-0.4, -0.2) is 35.2 Å². The maximum Gasteiger partial charge on any atom is 0.240 e. The van der Waals surface area contributed by atoms with Crippen LogP contribution in [0.3, 0.4) is 0 Å². The fourth-order valence-corrected chi connectivity index (χ4v) is 4.14. The van der Waals surface area contributed by atoms with Gasteiger partial charge in [-0.25, -0.2) is 13.1 Å². The van der Waals surface area contributed by atoms with Gasteiger partial charge in [0.25, 0.3) is 0 Å². The summed E-state index contributed by atoms with van der Waals surface area (Å²) in [6, 6.07) is 10.7.